The van der Waals surface area contributed by atoms with Gasteiger partial charge in [0.1, 0.15) is 11.9 Å². The van der Waals surface area contributed by atoms with Gasteiger partial charge in [0, 0.05) is 13.0 Å². The molecule has 0 aliphatic carbocycles. The average Bonchev–Trinajstić information content (AvgIpc) is 2.56. The van der Waals surface area contributed by atoms with Crippen LogP contribution in [0.25, 0.3) is 0 Å². The highest BCUT2D eigenvalue weighted by atomic mass is 16.5. The predicted octanol–water partition coefficient (Wildman–Crippen LogP) is 2.76. The van der Waals surface area contributed by atoms with Crippen LogP contribution in [0.4, 0.5) is 0 Å². The molecular weight excluding hydrogens is 198 g/mol. The molecule has 0 saturated heterocycles. The minimum Gasteiger partial charge on any atom is -0.490 e. The number of benzene rings is 1. The second kappa shape index (κ2) is 4.88. The van der Waals surface area contributed by atoms with E-state index in [1.807, 2.05) is 0 Å². The molecule has 0 bridgehead atoms. The highest BCUT2D eigenvalue weighted by Gasteiger charge is 2.18. The summed E-state index contributed by atoms with van der Waals surface area (Å²) < 4.78 is 5.68. The molecular formula is C14H21NO. The lowest BCUT2D eigenvalue weighted by atomic mass is 10.1. The second-order valence-electron chi connectivity index (χ2n) is 5.10. The van der Waals surface area contributed by atoms with Gasteiger partial charge in [-0.05, 0) is 36.6 Å². The van der Waals surface area contributed by atoms with Crippen molar-refractivity contribution in [2.45, 2.75) is 39.8 Å². The Kier molecular flexibility index (Phi) is 3.49. The van der Waals surface area contributed by atoms with Crippen molar-refractivity contribution in [1.82, 2.24) is 5.32 Å². The predicted molar refractivity (Wildman–Crippen MR) is 66.8 cm³/mol. The highest BCUT2D eigenvalue weighted by molar-refractivity contribution is 5.40. The monoisotopic (exact) mass is 219 g/mol. The van der Waals surface area contributed by atoms with Gasteiger partial charge in [-0.1, -0.05) is 26.0 Å². The Hall–Kier alpha value is -1.02. The molecule has 1 aromatic carbocycles. The lowest BCUT2D eigenvalue weighted by molar-refractivity contribution is 0.254. The molecule has 1 N–H and O–H groups in total. The summed E-state index contributed by atoms with van der Waals surface area (Å²) in [5.74, 6) is 1.78. The molecule has 0 fully saturated rings. The fraction of sp³-hybridized carbons (Fsp3) is 0.571. The summed E-state index contributed by atoms with van der Waals surface area (Å²) in [6.07, 6.45) is 1.39. The Morgan fingerprint density at radius 3 is 3.00 bits per heavy atom. The van der Waals surface area contributed by atoms with Gasteiger partial charge >= 0.3 is 0 Å². The van der Waals surface area contributed by atoms with Gasteiger partial charge in [0.25, 0.3) is 0 Å². The lowest BCUT2D eigenvalue weighted by Crippen LogP contribution is -2.18. The summed E-state index contributed by atoms with van der Waals surface area (Å²) >= 11 is 0. The molecule has 1 heterocycles. The minimum absolute atomic E-state index is 0.342. The Morgan fingerprint density at radius 2 is 2.25 bits per heavy atom. The number of ether oxygens (including phenoxy) is 1. The maximum Gasteiger partial charge on any atom is 0.123 e. The van der Waals surface area contributed by atoms with Gasteiger partial charge in [0.15, 0.2) is 0 Å². The van der Waals surface area contributed by atoms with Crippen LogP contribution < -0.4 is 10.1 Å². The van der Waals surface area contributed by atoms with Gasteiger partial charge in [-0.3, -0.25) is 0 Å². The third-order valence-corrected chi connectivity index (χ3v) is 2.84. The van der Waals surface area contributed by atoms with Gasteiger partial charge < -0.3 is 10.1 Å². The molecule has 0 spiro atoms. The first kappa shape index (κ1) is 11.5. The van der Waals surface area contributed by atoms with Crippen LogP contribution >= 0.6 is 0 Å². The van der Waals surface area contributed by atoms with Crippen LogP contribution in [0.5, 0.6) is 5.75 Å². The summed E-state index contributed by atoms with van der Waals surface area (Å²) in [7, 11) is 0. The van der Waals surface area contributed by atoms with E-state index in [2.05, 4.69) is 44.3 Å². The molecule has 0 saturated carbocycles. The van der Waals surface area contributed by atoms with Crippen LogP contribution in [-0.4, -0.2) is 12.6 Å². The summed E-state index contributed by atoms with van der Waals surface area (Å²) in [4.78, 5) is 0. The molecule has 2 nitrogen and oxygen atoms in total. The average molecular weight is 219 g/mol. The van der Waals surface area contributed by atoms with Crippen LogP contribution in [0, 0.1) is 5.92 Å². The molecule has 0 aromatic heterocycles. The third kappa shape index (κ3) is 2.76. The van der Waals surface area contributed by atoms with E-state index in [1.165, 1.54) is 11.1 Å². The standard InChI is InChI=1S/C14H21NO/c1-10(2)8-15-9-12-4-5-14-13(7-12)6-11(3)16-14/h4-5,7,10-11,15H,6,8-9H2,1-3H3. The zero-order valence-corrected chi connectivity index (χ0v) is 10.4. The quantitative estimate of drug-likeness (QED) is 0.840. The van der Waals surface area contributed by atoms with Crippen LogP contribution in [0.3, 0.4) is 0 Å². The van der Waals surface area contributed by atoms with Gasteiger partial charge in [0.05, 0.1) is 0 Å². The first-order valence-electron chi connectivity index (χ1n) is 6.14. The number of rotatable bonds is 4. The summed E-state index contributed by atoms with van der Waals surface area (Å²) in [5, 5.41) is 3.46. The molecule has 88 valence electrons. The van der Waals surface area contributed by atoms with Crippen molar-refractivity contribution < 1.29 is 4.74 Å². The van der Waals surface area contributed by atoms with E-state index in [9.17, 15) is 0 Å². The molecule has 1 aliphatic heterocycles. The Bertz CT molecular complexity index is 360. The Morgan fingerprint density at radius 1 is 1.44 bits per heavy atom. The van der Waals surface area contributed by atoms with Crippen molar-refractivity contribution in [2.75, 3.05) is 6.54 Å². The van der Waals surface area contributed by atoms with Crippen LogP contribution in [0.15, 0.2) is 18.2 Å². The van der Waals surface area contributed by atoms with Crippen molar-refractivity contribution in [2.24, 2.45) is 5.92 Å². The molecule has 0 radical (unpaired) electrons. The third-order valence-electron chi connectivity index (χ3n) is 2.84. The van der Waals surface area contributed by atoms with Crippen LogP contribution in [-0.2, 0) is 13.0 Å². The van der Waals surface area contributed by atoms with Gasteiger partial charge in [0.2, 0.25) is 0 Å². The summed E-state index contributed by atoms with van der Waals surface area (Å²) in [6, 6.07) is 6.53. The van der Waals surface area contributed by atoms with Gasteiger partial charge in [-0.2, -0.15) is 0 Å². The topological polar surface area (TPSA) is 21.3 Å². The van der Waals surface area contributed by atoms with Crippen molar-refractivity contribution in [3.05, 3.63) is 29.3 Å². The molecule has 2 rings (SSSR count). The van der Waals surface area contributed by atoms with Crippen molar-refractivity contribution in [3.63, 3.8) is 0 Å². The van der Waals surface area contributed by atoms with Gasteiger partial charge in [-0.25, -0.2) is 0 Å². The molecule has 16 heavy (non-hydrogen) atoms. The highest BCUT2D eigenvalue weighted by Crippen LogP contribution is 2.29. The Labute approximate surface area is 98.0 Å². The van der Waals surface area contributed by atoms with Crippen LogP contribution in [0.2, 0.25) is 0 Å². The number of fused-ring (bicyclic) bond motifs is 1. The first-order chi connectivity index (χ1) is 7.65. The van der Waals surface area contributed by atoms with E-state index >= 15 is 0 Å². The fourth-order valence-electron chi connectivity index (χ4n) is 2.09. The molecule has 1 unspecified atom stereocenters. The lowest BCUT2D eigenvalue weighted by Gasteiger charge is -2.08. The SMILES string of the molecule is CC(C)CNCc1ccc2c(c1)CC(C)O2. The fourth-order valence-corrected chi connectivity index (χ4v) is 2.09. The van der Waals surface area contributed by atoms with Crippen molar-refractivity contribution in [3.8, 4) is 5.75 Å². The molecule has 1 atom stereocenters. The Balaban J connectivity index is 1.94. The largest absolute Gasteiger partial charge is 0.490 e. The smallest absolute Gasteiger partial charge is 0.123 e. The van der Waals surface area contributed by atoms with E-state index in [4.69, 9.17) is 4.74 Å². The molecule has 1 aromatic rings. The zero-order valence-electron chi connectivity index (χ0n) is 10.4. The zero-order chi connectivity index (χ0) is 11.5. The maximum atomic E-state index is 5.68. The number of nitrogens with one attached hydrogen (secondary N) is 1. The minimum atomic E-state index is 0.342. The summed E-state index contributed by atoms with van der Waals surface area (Å²) in [6.45, 7) is 8.61. The van der Waals surface area contributed by atoms with Gasteiger partial charge in [-0.15, -0.1) is 0 Å². The number of hydrogen-bond donors (Lipinski definition) is 1. The molecule has 2 heteroatoms. The molecule has 1 aliphatic rings. The van der Waals surface area contributed by atoms with E-state index in [0.29, 0.717) is 12.0 Å². The van der Waals surface area contributed by atoms with E-state index in [0.717, 1.165) is 25.3 Å². The van der Waals surface area contributed by atoms with Crippen molar-refractivity contribution >= 4 is 0 Å². The maximum absolute atomic E-state index is 5.68. The van der Waals surface area contributed by atoms with E-state index in [-0.39, 0.29) is 0 Å². The van der Waals surface area contributed by atoms with E-state index in [1.54, 1.807) is 0 Å². The van der Waals surface area contributed by atoms with Crippen molar-refractivity contribution in [1.29, 1.82) is 0 Å². The van der Waals surface area contributed by atoms with Crippen LogP contribution in [0.1, 0.15) is 31.9 Å². The normalized spacial score (nSPS) is 18.6. The number of hydrogen-bond acceptors (Lipinski definition) is 2. The summed E-state index contributed by atoms with van der Waals surface area (Å²) in [5.41, 5.74) is 2.72. The van der Waals surface area contributed by atoms with E-state index < -0.39 is 0 Å². The second-order valence-corrected chi connectivity index (χ2v) is 5.10. The molecule has 0 amide bonds. The first-order valence-corrected chi connectivity index (χ1v) is 6.14.